The van der Waals surface area contributed by atoms with Crippen molar-refractivity contribution in [3.63, 3.8) is 0 Å². The minimum atomic E-state index is 0.702. The maximum atomic E-state index is 6.05. The summed E-state index contributed by atoms with van der Waals surface area (Å²) < 4.78 is 0. The number of anilines is 2. The van der Waals surface area contributed by atoms with Gasteiger partial charge in [0.05, 0.1) is 0 Å². The van der Waals surface area contributed by atoms with Crippen LogP contribution in [-0.4, -0.2) is 19.2 Å². The molecule has 2 rings (SSSR count). The van der Waals surface area contributed by atoms with E-state index in [1.807, 2.05) is 0 Å². The van der Waals surface area contributed by atoms with Crippen molar-refractivity contribution in [3.8, 4) is 0 Å². The lowest BCUT2D eigenvalue weighted by molar-refractivity contribution is 0.556. The molecule has 0 radical (unpaired) electrons. The van der Waals surface area contributed by atoms with Crippen molar-refractivity contribution in [2.24, 2.45) is 0 Å². The zero-order valence-electron chi connectivity index (χ0n) is 30.1. The van der Waals surface area contributed by atoms with Crippen molar-refractivity contribution in [3.05, 3.63) is 58.7 Å². The van der Waals surface area contributed by atoms with Gasteiger partial charge in [-0.05, 0) is 72.3 Å². The molecular weight excluding hydrogens is 617 g/mol. The predicted octanol–water partition coefficient (Wildman–Crippen LogP) is 13.3. The molecule has 0 heterocycles. The number of rotatable bonds is 26. The highest BCUT2D eigenvalue weighted by atomic mass is 32.1. The smallest absolute Gasteiger partial charge is 0.180 e. The van der Waals surface area contributed by atoms with Crippen molar-refractivity contribution in [2.75, 3.05) is 23.9 Å². The van der Waals surface area contributed by atoms with E-state index < -0.39 is 0 Å². The van der Waals surface area contributed by atoms with Crippen LogP contribution in [0.4, 0.5) is 11.4 Å². The fraction of sp³-hybridized carbons (Fsp3) is 0.683. The zero-order valence-corrected chi connectivity index (χ0v) is 32.7. The maximum Gasteiger partial charge on any atom is 0.180 e. The lowest BCUT2D eigenvalue weighted by Gasteiger charge is -2.31. The SMILES string of the molecule is CCCCCCCCCCCCc1ccc(N(C)C(=S)N(C)c2ccc(CCCCCCCCCCCC)cc2CS)c(CS)c1. The highest BCUT2D eigenvalue weighted by Crippen LogP contribution is 2.29. The molecule has 0 bridgehead atoms. The van der Waals surface area contributed by atoms with Gasteiger partial charge in [0.15, 0.2) is 5.11 Å². The molecule has 0 N–H and O–H groups in total. The Labute approximate surface area is 301 Å². The first-order valence-electron chi connectivity index (χ1n) is 18.9. The summed E-state index contributed by atoms with van der Waals surface area (Å²) in [6, 6.07) is 13.7. The molecule has 0 aromatic heterocycles. The van der Waals surface area contributed by atoms with Gasteiger partial charge in [0, 0.05) is 37.0 Å². The number of benzene rings is 2. The third-order valence-electron chi connectivity index (χ3n) is 9.56. The first kappa shape index (κ1) is 41.0. The number of thiocarbonyl (C=S) groups is 1. The summed E-state index contributed by atoms with van der Waals surface area (Å²) in [6.07, 6.45) is 29.7. The molecule has 2 aromatic rings. The van der Waals surface area contributed by atoms with Crippen molar-refractivity contribution < 1.29 is 0 Å². The van der Waals surface area contributed by atoms with E-state index in [9.17, 15) is 0 Å². The average molecular weight is 685 g/mol. The van der Waals surface area contributed by atoms with Crippen LogP contribution in [0.25, 0.3) is 0 Å². The van der Waals surface area contributed by atoms with Crippen LogP contribution in [0.2, 0.25) is 0 Å². The van der Waals surface area contributed by atoms with Crippen molar-refractivity contribution in [2.45, 2.75) is 167 Å². The molecule has 2 nitrogen and oxygen atoms in total. The fourth-order valence-corrected chi connectivity index (χ4v) is 7.26. The summed E-state index contributed by atoms with van der Waals surface area (Å²) in [5.41, 5.74) is 7.60. The highest BCUT2D eigenvalue weighted by Gasteiger charge is 2.18. The fourth-order valence-electron chi connectivity index (χ4n) is 6.56. The van der Waals surface area contributed by atoms with Gasteiger partial charge in [-0.15, -0.1) is 0 Å². The zero-order chi connectivity index (χ0) is 33.4. The molecule has 0 spiro atoms. The number of aryl methyl sites for hydroxylation is 2. The van der Waals surface area contributed by atoms with Gasteiger partial charge in [0.2, 0.25) is 0 Å². The topological polar surface area (TPSA) is 6.48 Å². The molecule has 46 heavy (non-hydrogen) atoms. The standard InChI is InChI=1S/C41H68N2S3/c1-5-7-9-11-13-15-17-19-21-23-25-35-27-29-39(37(31-35)33-44)42(3)41(46)43(4)40-30-28-36(32-38(40)34-45)26-24-22-20-18-16-14-12-10-8-6-2/h27-32,44-45H,5-26,33-34H2,1-4H3. The van der Waals surface area contributed by atoms with E-state index >= 15 is 0 Å². The summed E-state index contributed by atoms with van der Waals surface area (Å²) in [7, 11) is 4.17. The molecule has 0 unspecified atom stereocenters. The summed E-state index contributed by atoms with van der Waals surface area (Å²) >= 11 is 15.5. The van der Waals surface area contributed by atoms with E-state index in [1.54, 1.807) is 0 Å². The van der Waals surface area contributed by atoms with Gasteiger partial charge >= 0.3 is 0 Å². The van der Waals surface area contributed by atoms with Gasteiger partial charge in [-0.3, -0.25) is 0 Å². The Bertz CT molecular complexity index is 1000. The molecule has 0 fully saturated rings. The maximum absolute atomic E-state index is 6.05. The third-order valence-corrected chi connectivity index (χ3v) is 10.8. The van der Waals surface area contributed by atoms with Gasteiger partial charge < -0.3 is 9.80 Å². The molecule has 5 heteroatoms. The Morgan fingerprint density at radius 3 is 1.11 bits per heavy atom. The van der Waals surface area contributed by atoms with Gasteiger partial charge in [-0.2, -0.15) is 25.3 Å². The van der Waals surface area contributed by atoms with Crippen LogP contribution in [-0.2, 0) is 24.3 Å². The van der Waals surface area contributed by atoms with E-state index in [-0.39, 0.29) is 0 Å². The van der Waals surface area contributed by atoms with E-state index in [4.69, 9.17) is 37.5 Å². The molecule has 0 aliphatic rings. The largest absolute Gasteiger partial charge is 0.321 e. The van der Waals surface area contributed by atoms with Crippen molar-refractivity contribution in [1.82, 2.24) is 0 Å². The van der Waals surface area contributed by atoms with Crippen LogP contribution >= 0.6 is 37.5 Å². The minimum Gasteiger partial charge on any atom is -0.321 e. The first-order chi connectivity index (χ1) is 22.5. The van der Waals surface area contributed by atoms with Crippen LogP contribution in [0.3, 0.4) is 0 Å². The quantitative estimate of drug-likeness (QED) is 0.0579. The molecule has 0 aliphatic heterocycles. The minimum absolute atomic E-state index is 0.702. The van der Waals surface area contributed by atoms with Crippen LogP contribution < -0.4 is 9.80 Å². The molecule has 0 saturated heterocycles. The molecule has 260 valence electrons. The second kappa shape index (κ2) is 25.8. The molecule has 0 aliphatic carbocycles. The first-order valence-corrected chi connectivity index (χ1v) is 20.6. The van der Waals surface area contributed by atoms with Gasteiger partial charge in [0.25, 0.3) is 0 Å². The van der Waals surface area contributed by atoms with E-state index in [2.05, 4.69) is 74.1 Å². The van der Waals surface area contributed by atoms with Crippen LogP contribution in [0.15, 0.2) is 36.4 Å². The monoisotopic (exact) mass is 684 g/mol. The highest BCUT2D eigenvalue weighted by molar-refractivity contribution is 7.81. The van der Waals surface area contributed by atoms with Gasteiger partial charge in [-0.1, -0.05) is 154 Å². The Morgan fingerprint density at radius 1 is 0.500 bits per heavy atom. The van der Waals surface area contributed by atoms with Crippen molar-refractivity contribution in [1.29, 1.82) is 0 Å². The van der Waals surface area contributed by atoms with Gasteiger partial charge in [-0.25, -0.2) is 0 Å². The summed E-state index contributed by atoms with van der Waals surface area (Å²) in [5, 5.41) is 0.788. The molecule has 0 saturated carbocycles. The van der Waals surface area contributed by atoms with E-state index in [0.717, 1.165) is 29.3 Å². The Hall–Kier alpha value is -1.17. The molecule has 2 aromatic carbocycles. The second-order valence-corrected chi connectivity index (χ2v) is 14.5. The molecule has 0 atom stereocenters. The van der Waals surface area contributed by atoms with E-state index in [1.165, 1.54) is 151 Å². The normalized spacial score (nSPS) is 11.3. The van der Waals surface area contributed by atoms with Crippen LogP contribution in [0, 0.1) is 0 Å². The number of nitrogens with zero attached hydrogens (tertiary/aromatic N) is 2. The second-order valence-electron chi connectivity index (χ2n) is 13.5. The lowest BCUT2D eigenvalue weighted by atomic mass is 10.0. The number of unbranched alkanes of at least 4 members (excludes halogenated alkanes) is 18. The number of hydrogen-bond donors (Lipinski definition) is 2. The molecular formula is C41H68N2S3. The van der Waals surface area contributed by atoms with E-state index in [0.29, 0.717) is 11.5 Å². The Morgan fingerprint density at radius 2 is 0.804 bits per heavy atom. The third kappa shape index (κ3) is 15.8. The summed E-state index contributed by atoms with van der Waals surface area (Å²) in [6.45, 7) is 4.58. The molecule has 0 amide bonds. The Balaban J connectivity index is 1.83. The average Bonchev–Trinajstić information content (AvgIpc) is 3.08. The van der Waals surface area contributed by atoms with Crippen LogP contribution in [0.5, 0.6) is 0 Å². The predicted molar refractivity (Wildman–Crippen MR) is 219 cm³/mol. The van der Waals surface area contributed by atoms with Crippen LogP contribution in [0.1, 0.15) is 165 Å². The summed E-state index contributed by atoms with van der Waals surface area (Å²) in [5.74, 6) is 1.40. The Kier molecular flexibility index (Phi) is 23.0. The van der Waals surface area contributed by atoms with Gasteiger partial charge in [0.1, 0.15) is 0 Å². The number of thiol groups is 2. The van der Waals surface area contributed by atoms with Crippen molar-refractivity contribution >= 4 is 54.0 Å². The lowest BCUT2D eigenvalue weighted by Crippen LogP contribution is -2.39. The number of hydrogen-bond acceptors (Lipinski definition) is 3. The summed E-state index contributed by atoms with van der Waals surface area (Å²) in [4.78, 5) is 4.29.